The number of benzene rings is 1. The molecule has 1 unspecified atom stereocenters. The molecule has 0 saturated heterocycles. The number of aromatic nitrogens is 1. The Morgan fingerprint density at radius 2 is 1.95 bits per heavy atom. The summed E-state index contributed by atoms with van der Waals surface area (Å²) >= 11 is 0. The van der Waals surface area contributed by atoms with Gasteiger partial charge in [-0.15, -0.1) is 0 Å². The van der Waals surface area contributed by atoms with Crippen molar-refractivity contribution in [1.82, 2.24) is 10.4 Å². The van der Waals surface area contributed by atoms with Crippen molar-refractivity contribution < 1.29 is 8.78 Å². The van der Waals surface area contributed by atoms with Gasteiger partial charge in [-0.1, -0.05) is 12.1 Å². The van der Waals surface area contributed by atoms with E-state index in [1.54, 1.807) is 25.4 Å². The molecule has 1 heterocycles. The molecule has 0 radical (unpaired) electrons. The summed E-state index contributed by atoms with van der Waals surface area (Å²) in [6, 6.07) is 3.66. The van der Waals surface area contributed by atoms with Gasteiger partial charge in [0, 0.05) is 18.0 Å². The number of nitrogens with zero attached hydrogens (tertiary/aromatic N) is 1. The Kier molecular flexibility index (Phi) is 3.87. The topological polar surface area (TPSA) is 50.9 Å². The Bertz CT molecular complexity index is 599. The highest BCUT2D eigenvalue weighted by molar-refractivity contribution is 5.36. The first kappa shape index (κ1) is 13.6. The normalized spacial score (nSPS) is 12.5. The lowest BCUT2D eigenvalue weighted by atomic mass is 9.97. The molecule has 0 fully saturated rings. The van der Waals surface area contributed by atoms with Crippen LogP contribution in [0.2, 0.25) is 0 Å². The van der Waals surface area contributed by atoms with E-state index in [-0.39, 0.29) is 5.56 Å². The highest BCUT2D eigenvalue weighted by Crippen LogP contribution is 2.27. The smallest absolute Gasteiger partial charge is 0.134 e. The van der Waals surface area contributed by atoms with Crippen LogP contribution in [0.3, 0.4) is 0 Å². The molecule has 0 amide bonds. The van der Waals surface area contributed by atoms with Crippen LogP contribution in [0.4, 0.5) is 8.78 Å². The van der Waals surface area contributed by atoms with Crippen LogP contribution in [0, 0.1) is 25.5 Å². The van der Waals surface area contributed by atoms with E-state index in [0.717, 1.165) is 5.56 Å². The molecule has 0 aliphatic rings. The minimum Gasteiger partial charge on any atom is -0.271 e. The van der Waals surface area contributed by atoms with Crippen molar-refractivity contribution in [2.24, 2.45) is 5.84 Å². The highest BCUT2D eigenvalue weighted by Gasteiger charge is 2.22. The summed E-state index contributed by atoms with van der Waals surface area (Å²) in [7, 11) is 0. The van der Waals surface area contributed by atoms with Gasteiger partial charge in [-0.3, -0.25) is 10.8 Å². The van der Waals surface area contributed by atoms with Gasteiger partial charge in [0.2, 0.25) is 0 Å². The van der Waals surface area contributed by atoms with Crippen molar-refractivity contribution in [2.75, 3.05) is 0 Å². The van der Waals surface area contributed by atoms with Crippen LogP contribution in [-0.2, 0) is 0 Å². The number of nitrogens with one attached hydrogen (secondary N) is 1. The summed E-state index contributed by atoms with van der Waals surface area (Å²) in [5, 5.41) is 0. The molecule has 100 valence electrons. The summed E-state index contributed by atoms with van der Waals surface area (Å²) in [4.78, 5) is 4.02. The molecule has 19 heavy (non-hydrogen) atoms. The lowest BCUT2D eigenvalue weighted by molar-refractivity contribution is 0.506. The molecule has 2 aromatic rings. The van der Waals surface area contributed by atoms with E-state index in [1.165, 1.54) is 12.1 Å². The summed E-state index contributed by atoms with van der Waals surface area (Å²) in [6.45, 7) is 3.44. The number of halogens is 2. The number of pyridine rings is 1. The molecule has 3 nitrogen and oxygen atoms in total. The maximum atomic E-state index is 14.1. The van der Waals surface area contributed by atoms with Crippen molar-refractivity contribution in [3.05, 3.63) is 64.5 Å². The fourth-order valence-electron chi connectivity index (χ4n) is 2.03. The van der Waals surface area contributed by atoms with Gasteiger partial charge < -0.3 is 0 Å². The average molecular weight is 263 g/mol. The second-order valence-electron chi connectivity index (χ2n) is 4.49. The number of aryl methyl sites for hydroxylation is 2. The Labute approximate surface area is 110 Å². The van der Waals surface area contributed by atoms with Gasteiger partial charge in [0.25, 0.3) is 0 Å². The van der Waals surface area contributed by atoms with Crippen molar-refractivity contribution in [1.29, 1.82) is 0 Å². The zero-order valence-electron chi connectivity index (χ0n) is 10.7. The van der Waals surface area contributed by atoms with Crippen LogP contribution in [0.5, 0.6) is 0 Å². The predicted molar refractivity (Wildman–Crippen MR) is 69.2 cm³/mol. The van der Waals surface area contributed by atoms with Gasteiger partial charge in [-0.25, -0.2) is 14.2 Å². The Morgan fingerprint density at radius 1 is 1.21 bits per heavy atom. The fourth-order valence-corrected chi connectivity index (χ4v) is 2.03. The van der Waals surface area contributed by atoms with E-state index >= 15 is 0 Å². The molecule has 0 saturated carbocycles. The third-order valence-corrected chi connectivity index (χ3v) is 3.00. The third kappa shape index (κ3) is 2.62. The molecule has 0 aliphatic heterocycles. The number of hydrogen-bond acceptors (Lipinski definition) is 3. The van der Waals surface area contributed by atoms with Gasteiger partial charge in [0.05, 0.1) is 6.04 Å². The van der Waals surface area contributed by atoms with E-state index in [4.69, 9.17) is 5.84 Å². The second kappa shape index (κ2) is 5.42. The van der Waals surface area contributed by atoms with Gasteiger partial charge in [0.1, 0.15) is 11.6 Å². The fraction of sp³-hybridized carbons (Fsp3) is 0.214. The van der Waals surface area contributed by atoms with E-state index < -0.39 is 17.7 Å². The Balaban J connectivity index is 2.57. The monoisotopic (exact) mass is 263 g/mol. The first-order chi connectivity index (χ1) is 9.04. The average Bonchev–Trinajstić information content (AvgIpc) is 2.39. The molecule has 2 rings (SSSR count). The lowest BCUT2D eigenvalue weighted by Gasteiger charge is -2.19. The minimum atomic E-state index is -0.771. The number of rotatable bonds is 3. The quantitative estimate of drug-likeness (QED) is 0.661. The van der Waals surface area contributed by atoms with Gasteiger partial charge in [-0.05, 0) is 36.6 Å². The Morgan fingerprint density at radius 3 is 2.58 bits per heavy atom. The zero-order chi connectivity index (χ0) is 14.0. The van der Waals surface area contributed by atoms with Crippen molar-refractivity contribution >= 4 is 0 Å². The molecule has 0 aliphatic carbocycles. The van der Waals surface area contributed by atoms with E-state index in [9.17, 15) is 8.78 Å². The van der Waals surface area contributed by atoms with Crippen LogP contribution in [0.15, 0.2) is 30.6 Å². The number of hydrogen-bond donors (Lipinski definition) is 2. The van der Waals surface area contributed by atoms with Crippen LogP contribution in [0.1, 0.15) is 28.3 Å². The molecule has 1 atom stereocenters. The van der Waals surface area contributed by atoms with Crippen LogP contribution in [-0.4, -0.2) is 4.98 Å². The number of hydrazine groups is 1. The Hall–Kier alpha value is -1.85. The first-order valence-electron chi connectivity index (χ1n) is 5.86. The van der Waals surface area contributed by atoms with Crippen LogP contribution < -0.4 is 11.3 Å². The van der Waals surface area contributed by atoms with Gasteiger partial charge in [-0.2, -0.15) is 0 Å². The second-order valence-corrected chi connectivity index (χ2v) is 4.49. The lowest BCUT2D eigenvalue weighted by Crippen LogP contribution is -2.30. The third-order valence-electron chi connectivity index (χ3n) is 3.00. The predicted octanol–water partition coefficient (Wildman–Crippen LogP) is 2.53. The standard InChI is InChI=1S/C14H15F2N3/c1-8-5-10(7-18-6-8)14(19-17)12-11(15)4-3-9(2)13(12)16/h3-7,14,19H,17H2,1-2H3. The molecule has 0 bridgehead atoms. The minimum absolute atomic E-state index is 0.0881. The molecule has 3 N–H and O–H groups in total. The maximum absolute atomic E-state index is 14.1. The highest BCUT2D eigenvalue weighted by atomic mass is 19.1. The van der Waals surface area contributed by atoms with E-state index in [0.29, 0.717) is 11.1 Å². The molecular weight excluding hydrogens is 248 g/mol. The van der Waals surface area contributed by atoms with Gasteiger partial charge >= 0.3 is 0 Å². The van der Waals surface area contributed by atoms with Crippen molar-refractivity contribution in [3.63, 3.8) is 0 Å². The summed E-state index contributed by atoms with van der Waals surface area (Å²) in [6.07, 6.45) is 3.21. The zero-order valence-corrected chi connectivity index (χ0v) is 10.7. The number of nitrogens with two attached hydrogens (primary N) is 1. The van der Waals surface area contributed by atoms with E-state index in [2.05, 4.69) is 10.4 Å². The first-order valence-corrected chi connectivity index (χ1v) is 5.86. The van der Waals surface area contributed by atoms with Crippen LogP contribution >= 0.6 is 0 Å². The van der Waals surface area contributed by atoms with Crippen LogP contribution in [0.25, 0.3) is 0 Å². The maximum Gasteiger partial charge on any atom is 0.134 e. The molecule has 0 spiro atoms. The van der Waals surface area contributed by atoms with Crippen molar-refractivity contribution in [3.8, 4) is 0 Å². The molecule has 5 heteroatoms. The molecule has 1 aromatic carbocycles. The summed E-state index contributed by atoms with van der Waals surface area (Å²) in [5.41, 5.74) is 4.25. The summed E-state index contributed by atoms with van der Waals surface area (Å²) in [5.74, 6) is 4.24. The largest absolute Gasteiger partial charge is 0.271 e. The van der Waals surface area contributed by atoms with E-state index in [1.807, 2.05) is 6.92 Å². The van der Waals surface area contributed by atoms with Gasteiger partial charge in [0.15, 0.2) is 0 Å². The van der Waals surface area contributed by atoms with Crippen molar-refractivity contribution in [2.45, 2.75) is 19.9 Å². The molecule has 1 aromatic heterocycles. The molecular formula is C14H15F2N3. The SMILES string of the molecule is Cc1cncc(C(NN)c2c(F)ccc(C)c2F)c1. The summed E-state index contributed by atoms with van der Waals surface area (Å²) < 4.78 is 28.0.